The van der Waals surface area contributed by atoms with Gasteiger partial charge < -0.3 is 19.3 Å². The van der Waals surface area contributed by atoms with Crippen LogP contribution in [0.4, 0.5) is 11.8 Å². The molecule has 4 rings (SSSR count). The second-order valence-corrected chi connectivity index (χ2v) is 8.82. The van der Waals surface area contributed by atoms with Gasteiger partial charge in [0.05, 0.1) is 25.2 Å². The van der Waals surface area contributed by atoms with Gasteiger partial charge in [-0.25, -0.2) is 13.4 Å². The number of hydrogen-bond donors (Lipinski definition) is 0. The van der Waals surface area contributed by atoms with Gasteiger partial charge in [0.1, 0.15) is 11.6 Å². The number of nitrogens with zero attached hydrogens (tertiary/aromatic N) is 5. The first-order valence-corrected chi connectivity index (χ1v) is 11.1. The molecule has 0 N–H and O–H groups in total. The van der Waals surface area contributed by atoms with Gasteiger partial charge in [0, 0.05) is 51.5 Å². The largest absolute Gasteiger partial charge is 0.497 e. The summed E-state index contributed by atoms with van der Waals surface area (Å²) in [5.41, 5.74) is 0. The summed E-state index contributed by atoms with van der Waals surface area (Å²) in [5.74, 6) is 2.04. The number of anilines is 2. The molecule has 10 heteroatoms. The SMILES string of the molecule is COc1cccc(S(=O)(=O)N2CCN(c3ccnc(N4CCOCC4)n3)CC2)c1. The van der Waals surface area contributed by atoms with Crippen LogP contribution >= 0.6 is 0 Å². The fraction of sp³-hybridized carbons (Fsp3) is 0.474. The van der Waals surface area contributed by atoms with E-state index in [2.05, 4.69) is 19.8 Å². The van der Waals surface area contributed by atoms with Crippen molar-refractivity contribution in [3.05, 3.63) is 36.5 Å². The van der Waals surface area contributed by atoms with Crippen LogP contribution in [0.25, 0.3) is 0 Å². The molecule has 3 heterocycles. The zero-order valence-corrected chi connectivity index (χ0v) is 17.2. The van der Waals surface area contributed by atoms with Crippen molar-refractivity contribution in [1.29, 1.82) is 0 Å². The van der Waals surface area contributed by atoms with E-state index in [1.807, 2.05) is 6.07 Å². The van der Waals surface area contributed by atoms with Crippen molar-refractivity contribution in [1.82, 2.24) is 14.3 Å². The van der Waals surface area contributed by atoms with Gasteiger partial charge >= 0.3 is 0 Å². The van der Waals surface area contributed by atoms with Crippen molar-refractivity contribution < 1.29 is 17.9 Å². The van der Waals surface area contributed by atoms with Crippen LogP contribution in [-0.2, 0) is 14.8 Å². The maximum atomic E-state index is 13.0. The van der Waals surface area contributed by atoms with Gasteiger partial charge in [0.15, 0.2) is 0 Å². The van der Waals surface area contributed by atoms with Gasteiger partial charge in [-0.05, 0) is 18.2 Å². The molecular weight excluding hydrogens is 394 g/mol. The third-order valence-electron chi connectivity index (χ3n) is 5.16. The zero-order valence-electron chi connectivity index (χ0n) is 16.4. The van der Waals surface area contributed by atoms with Crippen LogP contribution in [0.15, 0.2) is 41.4 Å². The zero-order chi connectivity index (χ0) is 20.3. The van der Waals surface area contributed by atoms with E-state index in [9.17, 15) is 8.42 Å². The number of piperazine rings is 1. The number of morpholine rings is 1. The summed E-state index contributed by atoms with van der Waals surface area (Å²) in [6, 6.07) is 8.45. The summed E-state index contributed by atoms with van der Waals surface area (Å²) < 4.78 is 38.0. The van der Waals surface area contributed by atoms with Crippen LogP contribution in [0.2, 0.25) is 0 Å². The lowest BCUT2D eigenvalue weighted by molar-refractivity contribution is 0.122. The Morgan fingerprint density at radius 1 is 1.00 bits per heavy atom. The van der Waals surface area contributed by atoms with Gasteiger partial charge in [-0.1, -0.05) is 6.07 Å². The van der Waals surface area contributed by atoms with E-state index in [0.29, 0.717) is 51.1 Å². The van der Waals surface area contributed by atoms with Crippen LogP contribution in [0, 0.1) is 0 Å². The standard InChI is InChI=1S/C19H25N5O4S/c1-27-16-3-2-4-17(15-16)29(25,26)24-9-7-22(8-10-24)18-5-6-20-19(21-18)23-11-13-28-14-12-23/h2-6,15H,7-14H2,1H3. The maximum absolute atomic E-state index is 13.0. The summed E-state index contributed by atoms with van der Waals surface area (Å²) in [6.07, 6.45) is 1.76. The Hall–Kier alpha value is -2.43. The van der Waals surface area contributed by atoms with Gasteiger partial charge in [-0.3, -0.25) is 0 Å². The summed E-state index contributed by atoms with van der Waals surface area (Å²) in [6.45, 7) is 4.84. The molecule has 0 amide bonds. The second-order valence-electron chi connectivity index (χ2n) is 6.88. The molecule has 1 aromatic heterocycles. The predicted octanol–water partition coefficient (Wildman–Crippen LogP) is 0.833. The molecule has 2 aliphatic heterocycles. The van der Waals surface area contributed by atoms with Crippen LogP contribution in [0.3, 0.4) is 0 Å². The Balaban J connectivity index is 1.44. The summed E-state index contributed by atoms with van der Waals surface area (Å²) in [5, 5.41) is 0. The Kier molecular flexibility index (Phi) is 5.84. The highest BCUT2D eigenvalue weighted by atomic mass is 32.2. The van der Waals surface area contributed by atoms with E-state index in [1.165, 1.54) is 11.4 Å². The van der Waals surface area contributed by atoms with Crippen molar-refractivity contribution in [2.75, 3.05) is 69.4 Å². The molecule has 156 valence electrons. The van der Waals surface area contributed by atoms with E-state index in [4.69, 9.17) is 9.47 Å². The van der Waals surface area contributed by atoms with Gasteiger partial charge in [0.2, 0.25) is 16.0 Å². The fourth-order valence-electron chi connectivity index (χ4n) is 3.50. The van der Waals surface area contributed by atoms with Crippen molar-refractivity contribution >= 4 is 21.8 Å². The number of aromatic nitrogens is 2. The highest BCUT2D eigenvalue weighted by Crippen LogP contribution is 2.23. The fourth-order valence-corrected chi connectivity index (χ4v) is 4.96. The lowest BCUT2D eigenvalue weighted by atomic mass is 10.3. The molecule has 0 spiro atoms. The molecule has 29 heavy (non-hydrogen) atoms. The van der Waals surface area contributed by atoms with Crippen LogP contribution in [0.1, 0.15) is 0 Å². The first kappa shape index (κ1) is 19.9. The van der Waals surface area contributed by atoms with E-state index in [1.54, 1.807) is 30.5 Å². The molecule has 0 saturated carbocycles. The second kappa shape index (κ2) is 8.52. The normalized spacial score (nSPS) is 18.7. The Morgan fingerprint density at radius 3 is 2.48 bits per heavy atom. The third kappa shape index (κ3) is 4.29. The Labute approximate surface area is 170 Å². The molecule has 1 aromatic carbocycles. The van der Waals surface area contributed by atoms with Crippen molar-refractivity contribution in [2.45, 2.75) is 4.90 Å². The number of benzene rings is 1. The van der Waals surface area contributed by atoms with Gasteiger partial charge in [-0.2, -0.15) is 9.29 Å². The molecule has 0 unspecified atom stereocenters. The molecule has 0 aliphatic carbocycles. The Morgan fingerprint density at radius 2 is 1.76 bits per heavy atom. The third-order valence-corrected chi connectivity index (χ3v) is 7.06. The maximum Gasteiger partial charge on any atom is 0.243 e. The van der Waals surface area contributed by atoms with E-state index < -0.39 is 10.0 Å². The molecule has 2 saturated heterocycles. The summed E-state index contributed by atoms with van der Waals surface area (Å²) >= 11 is 0. The highest BCUT2D eigenvalue weighted by molar-refractivity contribution is 7.89. The molecule has 0 radical (unpaired) electrons. The monoisotopic (exact) mass is 419 g/mol. The van der Waals surface area contributed by atoms with Crippen molar-refractivity contribution in [3.63, 3.8) is 0 Å². The predicted molar refractivity (Wildman–Crippen MR) is 109 cm³/mol. The number of rotatable bonds is 5. The topological polar surface area (TPSA) is 88.1 Å². The van der Waals surface area contributed by atoms with Crippen molar-refractivity contribution in [2.24, 2.45) is 0 Å². The first-order valence-electron chi connectivity index (χ1n) is 9.63. The number of ether oxygens (including phenoxy) is 2. The van der Waals surface area contributed by atoms with E-state index in [-0.39, 0.29) is 4.90 Å². The lowest BCUT2D eigenvalue weighted by Crippen LogP contribution is -2.49. The van der Waals surface area contributed by atoms with Gasteiger partial charge in [-0.15, -0.1) is 0 Å². The molecule has 9 nitrogen and oxygen atoms in total. The Bertz CT molecular complexity index is 941. The number of sulfonamides is 1. The molecule has 2 fully saturated rings. The average molecular weight is 420 g/mol. The molecular formula is C19H25N5O4S. The average Bonchev–Trinajstić information content (AvgIpc) is 2.80. The molecule has 0 atom stereocenters. The summed E-state index contributed by atoms with van der Waals surface area (Å²) in [4.78, 5) is 13.5. The molecule has 2 aliphatic rings. The summed E-state index contributed by atoms with van der Waals surface area (Å²) in [7, 11) is -2.03. The minimum absolute atomic E-state index is 0.252. The molecule has 0 bridgehead atoms. The smallest absolute Gasteiger partial charge is 0.243 e. The van der Waals surface area contributed by atoms with Gasteiger partial charge in [0.25, 0.3) is 0 Å². The lowest BCUT2D eigenvalue weighted by Gasteiger charge is -2.35. The number of methoxy groups -OCH3 is 1. The number of hydrogen-bond acceptors (Lipinski definition) is 8. The van der Waals surface area contributed by atoms with Crippen LogP contribution < -0.4 is 14.5 Å². The van der Waals surface area contributed by atoms with Crippen molar-refractivity contribution in [3.8, 4) is 5.75 Å². The minimum atomic E-state index is -3.55. The van der Waals surface area contributed by atoms with E-state index >= 15 is 0 Å². The quantitative estimate of drug-likeness (QED) is 0.704. The van der Waals surface area contributed by atoms with Crippen LogP contribution in [0.5, 0.6) is 5.75 Å². The first-order chi connectivity index (χ1) is 14.1. The minimum Gasteiger partial charge on any atom is -0.497 e. The highest BCUT2D eigenvalue weighted by Gasteiger charge is 2.29. The van der Waals surface area contributed by atoms with E-state index in [0.717, 1.165) is 18.9 Å². The van der Waals surface area contributed by atoms with Crippen LogP contribution in [-0.4, -0.2) is 82.3 Å². The molecule has 2 aromatic rings.